The molecule has 2 nitrogen and oxygen atoms in total. The summed E-state index contributed by atoms with van der Waals surface area (Å²) in [7, 11) is 0. The lowest BCUT2D eigenvalue weighted by Gasteiger charge is -2.39. The average Bonchev–Trinajstić information content (AvgIpc) is 2.78. The molecule has 0 rings (SSSR count). The van der Waals surface area contributed by atoms with Crippen molar-refractivity contribution in [3.63, 3.8) is 0 Å². The fraction of sp³-hybridized carbons (Fsp3) is 0.967. The second kappa shape index (κ2) is 22.3. The van der Waals surface area contributed by atoms with Gasteiger partial charge in [0.1, 0.15) is 0 Å². The molecule has 0 spiro atoms. The monoisotopic (exact) mass is 452 g/mol. The predicted molar refractivity (Wildman–Crippen MR) is 142 cm³/mol. The third-order valence-electron chi connectivity index (χ3n) is 7.78. The maximum atomic E-state index is 12.1. The molecular weight excluding hydrogens is 392 g/mol. The maximum absolute atomic E-state index is 12.1. The van der Waals surface area contributed by atoms with Crippen LogP contribution in [0.25, 0.3) is 0 Å². The van der Waals surface area contributed by atoms with Crippen molar-refractivity contribution < 1.29 is 9.90 Å². The van der Waals surface area contributed by atoms with Crippen LogP contribution in [0.5, 0.6) is 0 Å². The molecule has 192 valence electrons. The van der Waals surface area contributed by atoms with Crippen LogP contribution in [0, 0.1) is 11.3 Å². The summed E-state index contributed by atoms with van der Waals surface area (Å²) in [5.74, 6) is -0.715. The molecular formula is C30H60O2. The molecule has 0 saturated heterocycles. The quantitative estimate of drug-likeness (QED) is 0.140. The molecule has 1 atom stereocenters. The highest BCUT2D eigenvalue weighted by Gasteiger charge is 2.40. The first kappa shape index (κ1) is 31.5. The lowest BCUT2D eigenvalue weighted by molar-refractivity contribution is -0.148. The van der Waals surface area contributed by atoms with E-state index in [1.807, 2.05) is 0 Å². The van der Waals surface area contributed by atoms with Gasteiger partial charge in [0.05, 0.1) is 5.92 Å². The van der Waals surface area contributed by atoms with E-state index in [0.717, 1.165) is 25.7 Å². The number of carboxylic acids is 1. The Hall–Kier alpha value is -0.530. The van der Waals surface area contributed by atoms with Crippen molar-refractivity contribution >= 4 is 5.97 Å². The number of carboxylic acid groups (broad SMARTS) is 1. The average molecular weight is 453 g/mol. The molecule has 0 aliphatic heterocycles. The van der Waals surface area contributed by atoms with E-state index in [1.54, 1.807) is 0 Å². The number of carbonyl (C=O) groups is 1. The molecule has 0 aromatic heterocycles. The largest absolute Gasteiger partial charge is 0.481 e. The Morgan fingerprint density at radius 1 is 0.531 bits per heavy atom. The van der Waals surface area contributed by atoms with Crippen LogP contribution in [0.3, 0.4) is 0 Å². The standard InChI is InChI=1S/C30H60O2/c1-5-9-12-13-14-15-16-17-18-19-20-21-22-23-24-27-30(25-10-6-2,26-11-7-3)28(8-4)29(31)32/h28H,5-27H2,1-4H3,(H,31,32). The topological polar surface area (TPSA) is 37.3 Å². The van der Waals surface area contributed by atoms with E-state index in [0.29, 0.717) is 0 Å². The summed E-state index contributed by atoms with van der Waals surface area (Å²) in [4.78, 5) is 12.1. The Labute approximate surface area is 202 Å². The molecule has 0 aromatic rings. The summed E-state index contributed by atoms with van der Waals surface area (Å²) in [6.45, 7) is 8.84. The number of rotatable bonds is 25. The van der Waals surface area contributed by atoms with Crippen molar-refractivity contribution in [3.05, 3.63) is 0 Å². The molecule has 0 fully saturated rings. The van der Waals surface area contributed by atoms with Crippen LogP contribution < -0.4 is 0 Å². The van der Waals surface area contributed by atoms with E-state index in [2.05, 4.69) is 27.7 Å². The summed E-state index contributed by atoms with van der Waals surface area (Å²) >= 11 is 0. The van der Waals surface area contributed by atoms with E-state index in [9.17, 15) is 9.90 Å². The first-order chi connectivity index (χ1) is 15.6. The smallest absolute Gasteiger partial charge is 0.307 e. The molecule has 0 aliphatic carbocycles. The van der Waals surface area contributed by atoms with Crippen molar-refractivity contribution in [1.82, 2.24) is 0 Å². The van der Waals surface area contributed by atoms with Gasteiger partial charge < -0.3 is 5.11 Å². The minimum absolute atomic E-state index is 0.0309. The van der Waals surface area contributed by atoms with Crippen molar-refractivity contribution in [2.24, 2.45) is 11.3 Å². The zero-order valence-electron chi connectivity index (χ0n) is 22.7. The van der Waals surface area contributed by atoms with Gasteiger partial charge >= 0.3 is 5.97 Å². The van der Waals surface area contributed by atoms with Gasteiger partial charge in [0.2, 0.25) is 0 Å². The third kappa shape index (κ3) is 15.3. The van der Waals surface area contributed by atoms with E-state index in [1.165, 1.54) is 122 Å². The Balaban J connectivity index is 4.08. The van der Waals surface area contributed by atoms with Gasteiger partial charge in [0.25, 0.3) is 0 Å². The highest BCUT2D eigenvalue weighted by Crippen LogP contribution is 2.45. The summed E-state index contributed by atoms with van der Waals surface area (Å²) in [6, 6.07) is 0. The summed E-state index contributed by atoms with van der Waals surface area (Å²) in [5.41, 5.74) is 0.0309. The highest BCUT2D eigenvalue weighted by molar-refractivity contribution is 5.71. The Bertz CT molecular complexity index is 396. The molecule has 1 N–H and O–H groups in total. The molecule has 0 saturated carbocycles. The molecule has 0 aromatic carbocycles. The van der Waals surface area contributed by atoms with Crippen molar-refractivity contribution in [2.45, 2.75) is 175 Å². The first-order valence-electron chi connectivity index (χ1n) is 14.8. The number of hydrogen-bond acceptors (Lipinski definition) is 1. The molecule has 32 heavy (non-hydrogen) atoms. The van der Waals surface area contributed by atoms with E-state index in [4.69, 9.17) is 0 Å². The zero-order valence-corrected chi connectivity index (χ0v) is 22.7. The lowest BCUT2D eigenvalue weighted by atomic mass is 9.65. The van der Waals surface area contributed by atoms with Crippen LogP contribution >= 0.6 is 0 Å². The van der Waals surface area contributed by atoms with Crippen LogP contribution in [0.4, 0.5) is 0 Å². The van der Waals surface area contributed by atoms with Crippen molar-refractivity contribution in [1.29, 1.82) is 0 Å². The SMILES string of the molecule is CCCCCCCCCCCCCCCCCC(CCCC)(CCCC)C(CC)C(=O)O. The Morgan fingerprint density at radius 2 is 0.844 bits per heavy atom. The van der Waals surface area contributed by atoms with E-state index < -0.39 is 5.97 Å². The second-order valence-electron chi connectivity index (χ2n) is 10.6. The molecule has 0 heterocycles. The third-order valence-corrected chi connectivity index (χ3v) is 7.78. The zero-order chi connectivity index (χ0) is 23.9. The number of hydrogen-bond donors (Lipinski definition) is 1. The van der Waals surface area contributed by atoms with Gasteiger partial charge in [0, 0.05) is 0 Å². The van der Waals surface area contributed by atoms with Crippen LogP contribution in [0.1, 0.15) is 175 Å². The molecule has 2 heteroatoms. The highest BCUT2D eigenvalue weighted by atomic mass is 16.4. The lowest BCUT2D eigenvalue weighted by Crippen LogP contribution is -2.36. The van der Waals surface area contributed by atoms with E-state index >= 15 is 0 Å². The summed E-state index contributed by atoms with van der Waals surface area (Å²) < 4.78 is 0. The van der Waals surface area contributed by atoms with Gasteiger partial charge in [-0.3, -0.25) is 4.79 Å². The minimum atomic E-state index is -0.555. The van der Waals surface area contributed by atoms with Crippen LogP contribution in [-0.2, 0) is 4.79 Å². The normalized spacial score (nSPS) is 12.9. The van der Waals surface area contributed by atoms with Crippen LogP contribution in [0.2, 0.25) is 0 Å². The number of unbranched alkanes of at least 4 members (excludes halogenated alkanes) is 16. The van der Waals surface area contributed by atoms with Gasteiger partial charge in [-0.25, -0.2) is 0 Å². The van der Waals surface area contributed by atoms with Gasteiger partial charge in [-0.1, -0.05) is 150 Å². The minimum Gasteiger partial charge on any atom is -0.481 e. The van der Waals surface area contributed by atoms with Crippen molar-refractivity contribution in [2.75, 3.05) is 0 Å². The van der Waals surface area contributed by atoms with Crippen LogP contribution in [-0.4, -0.2) is 11.1 Å². The molecule has 0 bridgehead atoms. The second-order valence-corrected chi connectivity index (χ2v) is 10.6. The Kier molecular flexibility index (Phi) is 21.9. The van der Waals surface area contributed by atoms with E-state index in [-0.39, 0.29) is 11.3 Å². The van der Waals surface area contributed by atoms with Gasteiger partial charge in [-0.05, 0) is 31.1 Å². The van der Waals surface area contributed by atoms with Gasteiger partial charge in [0.15, 0.2) is 0 Å². The molecule has 1 unspecified atom stereocenters. The van der Waals surface area contributed by atoms with Gasteiger partial charge in [-0.2, -0.15) is 0 Å². The Morgan fingerprint density at radius 3 is 1.16 bits per heavy atom. The predicted octanol–water partition coefficient (Wildman–Crippen LogP) is 10.7. The van der Waals surface area contributed by atoms with Gasteiger partial charge in [-0.15, -0.1) is 0 Å². The molecule has 0 amide bonds. The first-order valence-corrected chi connectivity index (χ1v) is 14.8. The summed E-state index contributed by atoms with van der Waals surface area (Å²) in [6.07, 6.45) is 29.6. The molecule has 0 radical (unpaired) electrons. The van der Waals surface area contributed by atoms with Crippen molar-refractivity contribution in [3.8, 4) is 0 Å². The number of aliphatic carboxylic acids is 1. The maximum Gasteiger partial charge on any atom is 0.307 e. The molecule has 0 aliphatic rings. The summed E-state index contributed by atoms with van der Waals surface area (Å²) in [5, 5.41) is 9.93. The fourth-order valence-electron chi connectivity index (χ4n) is 5.67. The van der Waals surface area contributed by atoms with Crippen LogP contribution in [0.15, 0.2) is 0 Å². The fourth-order valence-corrected chi connectivity index (χ4v) is 5.67.